The molecule has 23 nitrogen and oxygen atoms in total. The number of hydrogen-bond acceptors (Lipinski definition) is 13. The summed E-state index contributed by atoms with van der Waals surface area (Å²) in [4.78, 5) is 65.0. The summed E-state index contributed by atoms with van der Waals surface area (Å²) < 4.78 is 121. The fourth-order valence-corrected chi connectivity index (χ4v) is 13.4. The molecule has 7 aromatic heterocycles. The smallest absolute Gasteiger partial charge is 0.255 e. The third-order valence-corrected chi connectivity index (χ3v) is 20.8. The monoisotopic (exact) mass is 1730 g/mol. The summed E-state index contributed by atoms with van der Waals surface area (Å²) in [7, 11) is 1.50. The highest BCUT2D eigenvalue weighted by molar-refractivity contribution is 6.07. The SMILES string of the molecule is COc1c(C(=O)NCc2ccco2)ccc2n[nH]c(/C=C/c3ccc(F)nc3)c12.O=C(NC1CC1)c1cc(F)c2n[nH]c(/C=C/c3ccc(F)cc3)c2c1.O=C(NC1CC1)c1cc(F)c2n[nH]c(/C=C/c3cccc(F)c3)c2c1.O=C(NC1CC1)c1cc(F)c2n[nH]c(/C=C/c3ccccc3)c2c1.O=C(NC1CC1)c1cc(F)c2n[nH]c(/C=C/c3ccccc3F)c2c1. The van der Waals surface area contributed by atoms with Crippen LogP contribution in [0.15, 0.2) is 205 Å². The average Bonchev–Trinajstić information content (AvgIpc) is 1.58. The number of ether oxygens (including phenoxy) is 1. The van der Waals surface area contributed by atoms with Gasteiger partial charge in [0.25, 0.3) is 29.5 Å². The first kappa shape index (κ1) is 85.6. The number of nitrogens with zero attached hydrogens (tertiary/aromatic N) is 6. The number of carbonyl (C=O) groups excluding carboxylic acids is 5. The lowest BCUT2D eigenvalue weighted by Crippen LogP contribution is -2.25. The number of methoxy groups -OCH3 is 1. The zero-order valence-electron chi connectivity index (χ0n) is 68.1. The molecule has 0 spiro atoms. The molecule has 10 N–H and O–H groups in total. The van der Waals surface area contributed by atoms with Crippen molar-refractivity contribution in [1.29, 1.82) is 0 Å². The Morgan fingerprint density at radius 1 is 0.383 bits per heavy atom. The number of aromatic nitrogens is 11. The number of benzene rings is 9. The normalized spacial score (nSPS) is 13.6. The topological polar surface area (TPSA) is 324 Å². The molecule has 0 aliphatic heterocycles. The van der Waals surface area contributed by atoms with Crippen LogP contribution in [0.5, 0.6) is 5.75 Å². The number of nitrogens with one attached hydrogen (secondary N) is 10. The molecule has 0 unspecified atom stereocenters. The molecule has 31 heteroatoms. The third-order valence-electron chi connectivity index (χ3n) is 20.8. The van der Waals surface area contributed by atoms with E-state index in [0.717, 1.165) is 68.1 Å². The van der Waals surface area contributed by atoms with E-state index in [-0.39, 0.29) is 116 Å². The largest absolute Gasteiger partial charge is 0.495 e. The number of halogens is 8. The lowest BCUT2D eigenvalue weighted by Gasteiger charge is -2.10. The molecule has 9 aromatic carbocycles. The maximum absolute atomic E-state index is 14.3. The summed E-state index contributed by atoms with van der Waals surface area (Å²) in [5.41, 5.74) is 9.50. The van der Waals surface area contributed by atoms with Gasteiger partial charge in [0.15, 0.2) is 23.3 Å². The maximum atomic E-state index is 14.3. The molecule has 4 saturated carbocycles. The van der Waals surface area contributed by atoms with Crippen LogP contribution in [0.2, 0.25) is 0 Å². The second-order valence-corrected chi connectivity index (χ2v) is 30.5. The van der Waals surface area contributed by atoms with Gasteiger partial charge in [0.05, 0.1) is 64.9 Å². The zero-order valence-corrected chi connectivity index (χ0v) is 68.1. The average molecular weight is 1730 g/mol. The summed E-state index contributed by atoms with van der Waals surface area (Å²) in [6, 6.07) is 50.3. The maximum Gasteiger partial charge on any atom is 0.255 e. The van der Waals surface area contributed by atoms with Crippen LogP contribution in [-0.2, 0) is 6.54 Å². The van der Waals surface area contributed by atoms with Crippen LogP contribution < -0.4 is 31.3 Å². The van der Waals surface area contributed by atoms with Gasteiger partial charge in [0, 0.05) is 79.7 Å². The number of H-pyrrole nitrogens is 5. The summed E-state index contributed by atoms with van der Waals surface area (Å²) in [5, 5.41) is 51.2. The second kappa shape index (κ2) is 38.9. The van der Waals surface area contributed by atoms with Gasteiger partial charge in [-0.1, -0.05) is 97.1 Å². The van der Waals surface area contributed by atoms with E-state index < -0.39 is 29.2 Å². The molecular weight excluding hydrogens is 1650 g/mol. The predicted octanol–water partition coefficient (Wildman–Crippen LogP) is 19.3. The molecule has 4 aliphatic carbocycles. The van der Waals surface area contributed by atoms with Crippen molar-refractivity contribution in [3.8, 4) is 5.75 Å². The Balaban J connectivity index is 0.000000118. The first-order valence-corrected chi connectivity index (χ1v) is 40.8. The number of rotatable bonds is 22. The molecule has 0 atom stereocenters. The fraction of sp³-hybridized carbons (Fsp3) is 0.144. The molecule has 0 saturated heterocycles. The summed E-state index contributed by atoms with van der Waals surface area (Å²) in [6.45, 7) is 0.267. The van der Waals surface area contributed by atoms with Crippen molar-refractivity contribution >= 4 is 145 Å². The molecule has 4 aliphatic rings. The Morgan fingerprint density at radius 2 is 0.805 bits per heavy atom. The minimum Gasteiger partial charge on any atom is -0.495 e. The number of hydrogen-bond donors (Lipinski definition) is 10. The number of fused-ring (bicyclic) bond motifs is 5. The molecule has 5 amide bonds. The number of carbonyl (C=O) groups is 5. The molecule has 0 bridgehead atoms. The molecule has 4 fully saturated rings. The number of amides is 5. The van der Waals surface area contributed by atoms with Crippen molar-refractivity contribution in [2.75, 3.05) is 7.11 Å². The summed E-state index contributed by atoms with van der Waals surface area (Å²) in [6.07, 6.45) is 28.1. The zero-order chi connectivity index (χ0) is 88.9. The highest BCUT2D eigenvalue weighted by atomic mass is 19.2. The van der Waals surface area contributed by atoms with Crippen LogP contribution in [0.3, 0.4) is 0 Å². The number of aromatic amines is 5. The van der Waals surface area contributed by atoms with Gasteiger partial charge in [0.2, 0.25) is 5.95 Å². The Kier molecular flexibility index (Phi) is 26.0. The van der Waals surface area contributed by atoms with Crippen LogP contribution in [0, 0.1) is 46.7 Å². The standard InChI is InChI=1S/C21H17FN4O3.3C19H15F2N3O.C19H16FN3O/c1-28-20-15(21(27)24-12-14-3-2-10-29-14)6-8-17-19(20)16(25-26-17)7-4-13-5-9-18(22)23-11-13;20-13-4-1-11(2-5-13)3-8-17-15-9-12(19(25)22-14-6-7-14)10-16(21)18(15)24-23-17;20-13-3-1-2-11(8-13)4-7-17-15-9-12(19(25)22-14-5-6-14)10-16(21)18(15)24-23-17;20-15-4-2-1-3-11(15)5-8-17-14-9-12(19(25)22-13-6-7-13)10-16(21)18(14)24-23-17;20-16-11-13(19(24)21-14-7-8-14)10-15-17(22-23-18(15)16)9-6-12-4-2-1-3-5-12/h2-11H,12H2,1H3,(H,24,27)(H,25,26);1-5,8-10,14H,6-7H2,(H,22,25)(H,23,24);1-4,7-10,14H,5-6H2,(H,22,25)(H,23,24);1-5,8-10,13H,6-7H2,(H,22,25)(H,23,24);1-6,9-11,14H,7-8H2,(H,21,24)(H,22,23)/b7-4+;8-3+;7-4+;8-5+;9-6+. The Labute approximate surface area is 724 Å². The minimum atomic E-state index is -0.569. The van der Waals surface area contributed by atoms with Crippen molar-refractivity contribution < 1.29 is 68.3 Å². The van der Waals surface area contributed by atoms with Gasteiger partial charge in [-0.05, 0) is 225 Å². The van der Waals surface area contributed by atoms with E-state index in [4.69, 9.17) is 9.15 Å². The van der Waals surface area contributed by atoms with E-state index in [1.165, 1.54) is 74.0 Å². The van der Waals surface area contributed by atoms with Gasteiger partial charge in [-0.25, -0.2) is 35.7 Å². The van der Waals surface area contributed by atoms with Gasteiger partial charge in [-0.15, -0.1) is 0 Å². The molecule has 16 aromatic rings. The van der Waals surface area contributed by atoms with Crippen molar-refractivity contribution in [2.24, 2.45) is 0 Å². The van der Waals surface area contributed by atoms with Crippen LogP contribution in [0.4, 0.5) is 35.1 Å². The second-order valence-electron chi connectivity index (χ2n) is 30.5. The van der Waals surface area contributed by atoms with Crippen molar-refractivity contribution in [3.05, 3.63) is 337 Å². The fourth-order valence-electron chi connectivity index (χ4n) is 13.4. The highest BCUT2D eigenvalue weighted by Crippen LogP contribution is 2.35. The Bertz CT molecular complexity index is 6960. The van der Waals surface area contributed by atoms with Gasteiger partial charge < -0.3 is 35.7 Å². The Hall–Kier alpha value is -16.0. The molecule has 128 heavy (non-hydrogen) atoms. The van der Waals surface area contributed by atoms with E-state index in [9.17, 15) is 59.1 Å². The van der Waals surface area contributed by atoms with Crippen LogP contribution in [0.25, 0.3) is 115 Å². The number of furan rings is 1. The van der Waals surface area contributed by atoms with E-state index in [0.29, 0.717) is 94.7 Å². The molecule has 644 valence electrons. The van der Waals surface area contributed by atoms with Gasteiger partial charge in [-0.3, -0.25) is 49.5 Å². The van der Waals surface area contributed by atoms with Crippen LogP contribution in [-0.4, -0.2) is 117 Å². The summed E-state index contributed by atoms with van der Waals surface area (Å²) in [5.74, 6) is -4.03. The molecular formula is C97H78F8N16O7. The first-order chi connectivity index (χ1) is 62.2. The highest BCUT2D eigenvalue weighted by Gasteiger charge is 2.30. The summed E-state index contributed by atoms with van der Waals surface area (Å²) >= 11 is 0. The van der Waals surface area contributed by atoms with E-state index in [1.54, 1.807) is 152 Å². The van der Waals surface area contributed by atoms with Gasteiger partial charge in [0.1, 0.15) is 51.0 Å². The van der Waals surface area contributed by atoms with Crippen LogP contribution in [0.1, 0.15) is 165 Å². The first-order valence-electron chi connectivity index (χ1n) is 40.8. The lowest BCUT2D eigenvalue weighted by atomic mass is 10.1. The minimum absolute atomic E-state index is 0.149. The van der Waals surface area contributed by atoms with Crippen LogP contribution >= 0.6 is 0 Å². The molecule has 0 radical (unpaired) electrons. The molecule has 7 heterocycles. The quantitative estimate of drug-likeness (QED) is 0.0223. The lowest BCUT2D eigenvalue weighted by molar-refractivity contribution is 0.0938. The predicted molar refractivity (Wildman–Crippen MR) is 473 cm³/mol. The van der Waals surface area contributed by atoms with E-state index >= 15 is 0 Å². The van der Waals surface area contributed by atoms with E-state index in [1.807, 2.05) is 42.5 Å². The molecule has 20 rings (SSSR count). The van der Waals surface area contributed by atoms with Crippen molar-refractivity contribution in [3.63, 3.8) is 0 Å². The van der Waals surface area contributed by atoms with E-state index in [2.05, 4.69) is 82.6 Å². The van der Waals surface area contributed by atoms with Crippen molar-refractivity contribution in [1.82, 2.24) is 82.6 Å². The van der Waals surface area contributed by atoms with Gasteiger partial charge in [-0.2, -0.15) is 29.9 Å². The van der Waals surface area contributed by atoms with Gasteiger partial charge >= 0.3 is 0 Å². The number of pyridine rings is 1. The van der Waals surface area contributed by atoms with Crippen molar-refractivity contribution in [2.45, 2.75) is 82.1 Å². The third kappa shape index (κ3) is 21.6. The Morgan fingerprint density at radius 3 is 1.24 bits per heavy atom.